The Balaban J connectivity index is 1.69. The second-order valence-electron chi connectivity index (χ2n) is 6.55. The van der Waals surface area contributed by atoms with Gasteiger partial charge in [0, 0.05) is 24.8 Å². The molecule has 2 N–H and O–H groups in total. The van der Waals surface area contributed by atoms with Gasteiger partial charge < -0.3 is 10.6 Å². The van der Waals surface area contributed by atoms with E-state index in [9.17, 15) is 10.1 Å². The maximum atomic E-state index is 10.8. The van der Waals surface area contributed by atoms with Crippen molar-refractivity contribution in [2.45, 2.75) is 44.9 Å². The summed E-state index contributed by atoms with van der Waals surface area (Å²) in [6.07, 6.45) is 9.39. The van der Waals surface area contributed by atoms with Gasteiger partial charge in [0.2, 0.25) is 0 Å². The number of rotatable bonds is 2. The first-order valence-electron chi connectivity index (χ1n) is 7.89. The number of anilines is 2. The summed E-state index contributed by atoms with van der Waals surface area (Å²) in [5, 5.41) is 10.8. The molecule has 1 saturated heterocycles. The first kappa shape index (κ1) is 14.2. The standard InChI is InChI=1S/C16H23N3O2/c17-14-12-13(4-5-15(14)19(20)21)18-10-8-16(9-11-18)6-2-1-3-7-16/h4-5,12H,1-3,6-11,17H2. The van der Waals surface area contributed by atoms with Gasteiger partial charge >= 0.3 is 0 Å². The van der Waals surface area contributed by atoms with E-state index < -0.39 is 4.92 Å². The van der Waals surface area contributed by atoms with Crippen molar-refractivity contribution in [1.29, 1.82) is 0 Å². The van der Waals surface area contributed by atoms with Crippen LogP contribution in [-0.4, -0.2) is 18.0 Å². The third kappa shape index (κ3) is 2.82. The Hall–Kier alpha value is -1.78. The highest BCUT2D eigenvalue weighted by atomic mass is 16.6. The van der Waals surface area contributed by atoms with Gasteiger partial charge in [-0.05, 0) is 43.2 Å². The SMILES string of the molecule is Nc1cc(N2CCC3(CCCCC3)CC2)ccc1[N+](=O)[O-]. The highest BCUT2D eigenvalue weighted by Crippen LogP contribution is 2.45. The van der Waals surface area contributed by atoms with Crippen LogP contribution in [-0.2, 0) is 0 Å². The van der Waals surface area contributed by atoms with Crippen molar-refractivity contribution >= 4 is 17.1 Å². The fraction of sp³-hybridized carbons (Fsp3) is 0.625. The van der Waals surface area contributed by atoms with Crippen molar-refractivity contribution < 1.29 is 4.92 Å². The molecule has 1 aromatic rings. The molecule has 0 atom stereocenters. The molecule has 0 unspecified atom stereocenters. The summed E-state index contributed by atoms with van der Waals surface area (Å²) in [5.74, 6) is 0. The molecule has 0 amide bonds. The number of nitro groups is 1. The van der Waals surface area contributed by atoms with Crippen LogP contribution in [0.3, 0.4) is 0 Å². The average Bonchev–Trinajstić information content (AvgIpc) is 2.48. The minimum absolute atomic E-state index is 0.000453. The molecule has 2 aliphatic rings. The third-order valence-corrected chi connectivity index (χ3v) is 5.31. The molecule has 1 heterocycles. The molecule has 1 aromatic carbocycles. The highest BCUT2D eigenvalue weighted by molar-refractivity contribution is 5.66. The molecule has 5 heteroatoms. The summed E-state index contributed by atoms with van der Waals surface area (Å²) in [6.45, 7) is 2.08. The molecule has 1 saturated carbocycles. The molecule has 0 bridgehead atoms. The zero-order valence-corrected chi connectivity index (χ0v) is 12.4. The lowest BCUT2D eigenvalue weighted by atomic mass is 9.68. The molecule has 21 heavy (non-hydrogen) atoms. The van der Waals surface area contributed by atoms with Crippen molar-refractivity contribution in [3.8, 4) is 0 Å². The normalized spacial score (nSPS) is 21.4. The van der Waals surface area contributed by atoms with Crippen LogP contribution >= 0.6 is 0 Å². The molecule has 114 valence electrons. The fourth-order valence-electron chi connectivity index (χ4n) is 3.95. The van der Waals surface area contributed by atoms with E-state index in [0.29, 0.717) is 5.41 Å². The lowest BCUT2D eigenvalue weighted by Crippen LogP contribution is -2.41. The van der Waals surface area contributed by atoms with Crippen LogP contribution in [0.4, 0.5) is 17.1 Å². The number of hydrogen-bond acceptors (Lipinski definition) is 4. The molecule has 0 radical (unpaired) electrons. The first-order valence-corrected chi connectivity index (χ1v) is 7.89. The van der Waals surface area contributed by atoms with E-state index >= 15 is 0 Å². The van der Waals surface area contributed by atoms with Gasteiger partial charge in [-0.25, -0.2) is 0 Å². The van der Waals surface area contributed by atoms with Gasteiger partial charge in [0.15, 0.2) is 0 Å². The van der Waals surface area contributed by atoms with Crippen LogP contribution in [0.5, 0.6) is 0 Å². The Morgan fingerprint density at radius 1 is 1.10 bits per heavy atom. The minimum atomic E-state index is -0.424. The number of hydrogen-bond donors (Lipinski definition) is 1. The fourth-order valence-corrected chi connectivity index (χ4v) is 3.95. The third-order valence-electron chi connectivity index (χ3n) is 5.31. The second kappa shape index (κ2) is 5.54. The van der Waals surface area contributed by atoms with E-state index in [0.717, 1.165) is 18.8 Å². The monoisotopic (exact) mass is 289 g/mol. The van der Waals surface area contributed by atoms with Crippen molar-refractivity contribution in [3.63, 3.8) is 0 Å². The molecular formula is C16H23N3O2. The maximum Gasteiger partial charge on any atom is 0.292 e. The topological polar surface area (TPSA) is 72.4 Å². The smallest absolute Gasteiger partial charge is 0.292 e. The zero-order valence-electron chi connectivity index (χ0n) is 12.4. The van der Waals surface area contributed by atoms with E-state index in [1.165, 1.54) is 51.0 Å². The molecule has 0 aromatic heterocycles. The lowest BCUT2D eigenvalue weighted by Gasteiger charge is -2.45. The number of nitrogens with zero attached hydrogens (tertiary/aromatic N) is 2. The molecule has 5 nitrogen and oxygen atoms in total. The van der Waals surface area contributed by atoms with Gasteiger partial charge in [-0.1, -0.05) is 19.3 Å². The van der Waals surface area contributed by atoms with E-state index in [1.54, 1.807) is 6.07 Å². The Labute approximate surface area is 125 Å². The lowest BCUT2D eigenvalue weighted by molar-refractivity contribution is -0.383. The molecule has 3 rings (SSSR count). The largest absolute Gasteiger partial charge is 0.393 e. The summed E-state index contributed by atoms with van der Waals surface area (Å²) < 4.78 is 0. The average molecular weight is 289 g/mol. The summed E-state index contributed by atoms with van der Waals surface area (Å²) >= 11 is 0. The van der Waals surface area contributed by atoms with Crippen molar-refractivity contribution in [2.75, 3.05) is 23.7 Å². The van der Waals surface area contributed by atoms with Gasteiger partial charge in [0.05, 0.1) is 4.92 Å². The first-order chi connectivity index (χ1) is 10.1. The van der Waals surface area contributed by atoms with Crippen LogP contribution in [0.15, 0.2) is 18.2 Å². The number of nitrogen functional groups attached to an aromatic ring is 1. The van der Waals surface area contributed by atoms with E-state index in [2.05, 4.69) is 4.90 Å². The van der Waals surface area contributed by atoms with Gasteiger partial charge in [-0.2, -0.15) is 0 Å². The molecule has 1 aliphatic heterocycles. The van der Waals surface area contributed by atoms with E-state index in [1.807, 2.05) is 6.07 Å². The molecular weight excluding hydrogens is 266 g/mol. The maximum absolute atomic E-state index is 10.8. The Kier molecular flexibility index (Phi) is 3.74. The summed E-state index contributed by atoms with van der Waals surface area (Å²) in [6, 6.07) is 5.10. The zero-order chi connectivity index (χ0) is 14.9. The Morgan fingerprint density at radius 3 is 2.33 bits per heavy atom. The predicted octanol–water partition coefficient (Wildman–Crippen LogP) is 3.73. The van der Waals surface area contributed by atoms with E-state index in [4.69, 9.17) is 5.73 Å². The van der Waals surface area contributed by atoms with Crippen LogP contribution in [0.25, 0.3) is 0 Å². The van der Waals surface area contributed by atoms with Crippen LogP contribution in [0.2, 0.25) is 0 Å². The van der Waals surface area contributed by atoms with Crippen molar-refractivity contribution in [1.82, 2.24) is 0 Å². The highest BCUT2D eigenvalue weighted by Gasteiger charge is 2.35. The minimum Gasteiger partial charge on any atom is -0.393 e. The van der Waals surface area contributed by atoms with Crippen LogP contribution < -0.4 is 10.6 Å². The second-order valence-corrected chi connectivity index (χ2v) is 6.55. The Morgan fingerprint density at radius 2 is 1.76 bits per heavy atom. The van der Waals surface area contributed by atoms with Gasteiger partial charge in [-0.3, -0.25) is 10.1 Å². The quantitative estimate of drug-likeness (QED) is 0.511. The van der Waals surface area contributed by atoms with E-state index in [-0.39, 0.29) is 11.4 Å². The number of nitrogens with two attached hydrogens (primary N) is 1. The Bertz CT molecular complexity index is 528. The summed E-state index contributed by atoms with van der Waals surface area (Å²) in [7, 11) is 0. The van der Waals surface area contributed by atoms with Crippen LogP contribution in [0.1, 0.15) is 44.9 Å². The predicted molar refractivity (Wildman–Crippen MR) is 84.5 cm³/mol. The van der Waals surface area contributed by atoms with Gasteiger partial charge in [0.1, 0.15) is 5.69 Å². The number of benzene rings is 1. The number of nitro benzene ring substituents is 1. The van der Waals surface area contributed by atoms with Gasteiger partial charge in [0.25, 0.3) is 5.69 Å². The number of piperidine rings is 1. The van der Waals surface area contributed by atoms with Crippen molar-refractivity contribution in [2.24, 2.45) is 5.41 Å². The molecule has 1 spiro atoms. The van der Waals surface area contributed by atoms with Crippen LogP contribution in [0, 0.1) is 15.5 Å². The summed E-state index contributed by atoms with van der Waals surface area (Å²) in [4.78, 5) is 12.7. The molecule has 1 aliphatic carbocycles. The molecule has 2 fully saturated rings. The van der Waals surface area contributed by atoms with Crippen molar-refractivity contribution in [3.05, 3.63) is 28.3 Å². The summed E-state index contributed by atoms with van der Waals surface area (Å²) in [5.41, 5.74) is 7.64. The van der Waals surface area contributed by atoms with Gasteiger partial charge in [-0.15, -0.1) is 0 Å².